The molecule has 3 N–H and O–H groups in total. The molecular weight excluding hydrogens is 350 g/mol. The number of nitrogens with one attached hydrogen (secondary N) is 1. The summed E-state index contributed by atoms with van der Waals surface area (Å²) in [4.78, 5) is 15.4. The Bertz CT molecular complexity index is 741. The van der Waals surface area contributed by atoms with Gasteiger partial charge in [-0.15, -0.1) is 5.92 Å². The van der Waals surface area contributed by atoms with Crippen molar-refractivity contribution in [2.75, 3.05) is 25.4 Å². The summed E-state index contributed by atoms with van der Waals surface area (Å²) in [6, 6.07) is 3.38. The van der Waals surface area contributed by atoms with Gasteiger partial charge >= 0.3 is 0 Å². The summed E-state index contributed by atoms with van der Waals surface area (Å²) in [7, 11) is 0. The van der Waals surface area contributed by atoms with Crippen LogP contribution in [-0.4, -0.2) is 42.6 Å². The van der Waals surface area contributed by atoms with E-state index < -0.39 is 0 Å². The first-order valence-electron chi connectivity index (χ1n) is 9.19. The summed E-state index contributed by atoms with van der Waals surface area (Å²) in [6.07, 6.45) is 3.00. The summed E-state index contributed by atoms with van der Waals surface area (Å²) < 4.78 is 5.83. The second-order valence-corrected chi connectivity index (χ2v) is 7.50. The van der Waals surface area contributed by atoms with Gasteiger partial charge in [0.1, 0.15) is 5.75 Å². The van der Waals surface area contributed by atoms with Crippen LogP contribution < -0.4 is 15.8 Å². The number of amides is 1. The maximum atomic E-state index is 13.0. The molecule has 6 heteroatoms. The Morgan fingerprint density at radius 2 is 2.23 bits per heavy atom. The molecule has 1 amide bonds. The van der Waals surface area contributed by atoms with Crippen LogP contribution in [-0.2, 0) is 0 Å². The molecule has 2 unspecified atom stereocenters. The molecule has 2 heterocycles. The predicted octanol–water partition coefficient (Wildman–Crippen LogP) is 2.93. The lowest BCUT2D eigenvalue weighted by atomic mass is 9.85. The highest BCUT2D eigenvalue weighted by atomic mass is 35.5. The van der Waals surface area contributed by atoms with Crippen molar-refractivity contribution in [3.05, 3.63) is 22.7 Å². The normalized spacial score (nSPS) is 25.6. The van der Waals surface area contributed by atoms with Crippen molar-refractivity contribution in [3.63, 3.8) is 0 Å². The minimum absolute atomic E-state index is 0.164. The number of piperidine rings is 2. The molecule has 0 saturated carbocycles. The number of hydrogen-bond donors (Lipinski definition) is 2. The highest BCUT2D eigenvalue weighted by Gasteiger charge is 2.33. The van der Waals surface area contributed by atoms with Gasteiger partial charge in [0.25, 0.3) is 5.91 Å². The molecule has 2 bridgehead atoms. The zero-order valence-electron chi connectivity index (χ0n) is 15.3. The van der Waals surface area contributed by atoms with E-state index in [1.165, 1.54) is 13.0 Å². The first kappa shape index (κ1) is 18.9. The van der Waals surface area contributed by atoms with Crippen LogP contribution in [0.2, 0.25) is 5.02 Å². The molecule has 26 heavy (non-hydrogen) atoms. The van der Waals surface area contributed by atoms with E-state index in [4.69, 9.17) is 22.1 Å². The average Bonchev–Trinajstić information content (AvgIpc) is 2.61. The maximum Gasteiger partial charge on any atom is 0.255 e. The van der Waals surface area contributed by atoms with Crippen LogP contribution in [0.25, 0.3) is 0 Å². The number of rotatable bonds is 4. The van der Waals surface area contributed by atoms with Gasteiger partial charge < -0.3 is 20.7 Å². The number of hydrogen-bond acceptors (Lipinski definition) is 4. The zero-order chi connectivity index (χ0) is 18.7. The van der Waals surface area contributed by atoms with E-state index in [0.717, 1.165) is 25.9 Å². The third-order valence-corrected chi connectivity index (χ3v) is 5.51. The number of anilines is 1. The number of ether oxygens (including phenoxy) is 1. The number of fused-ring (bicyclic) bond motifs is 2. The Morgan fingerprint density at radius 3 is 3.00 bits per heavy atom. The smallest absolute Gasteiger partial charge is 0.255 e. The van der Waals surface area contributed by atoms with Crippen LogP contribution >= 0.6 is 11.6 Å². The van der Waals surface area contributed by atoms with Gasteiger partial charge in [0.15, 0.2) is 6.10 Å². The van der Waals surface area contributed by atoms with E-state index in [2.05, 4.69) is 22.1 Å². The molecule has 3 rings (SSSR count). The van der Waals surface area contributed by atoms with Gasteiger partial charge in [-0.3, -0.25) is 4.79 Å². The number of carbonyl (C=O) groups excluding carboxylic acids is 1. The van der Waals surface area contributed by atoms with E-state index in [1.807, 2.05) is 6.92 Å². The molecule has 1 aromatic carbocycles. The molecule has 4 atom stereocenters. The molecule has 0 aliphatic carbocycles. The molecule has 0 radical (unpaired) electrons. The second-order valence-electron chi connectivity index (χ2n) is 7.10. The Balaban J connectivity index is 1.78. The van der Waals surface area contributed by atoms with Crippen molar-refractivity contribution in [2.45, 2.75) is 45.3 Å². The Labute approximate surface area is 160 Å². The standard InChI is InChI=1S/C20H26ClN3O2/c1-3-5-13(2)26-19-11-17(22)16(21)10-15(19)20(25)23-18-7-9-24-8-4-6-14(18)12-24/h10-11,13-14,18H,4,6-9,12,22H2,1-2H3,(H,23,25)/t13-,14+,18?/m0/s1. The van der Waals surface area contributed by atoms with E-state index in [1.54, 1.807) is 19.1 Å². The lowest BCUT2D eigenvalue weighted by molar-refractivity contribution is 0.0736. The molecular formula is C20H26ClN3O2. The highest BCUT2D eigenvalue weighted by Crippen LogP contribution is 2.31. The van der Waals surface area contributed by atoms with Crippen molar-refractivity contribution in [2.24, 2.45) is 5.92 Å². The second kappa shape index (κ2) is 8.20. The summed E-state index contributed by atoms with van der Waals surface area (Å²) in [5, 5.41) is 3.55. The first-order valence-corrected chi connectivity index (χ1v) is 9.57. The Morgan fingerprint density at radius 1 is 1.42 bits per heavy atom. The Hall–Kier alpha value is -1.90. The van der Waals surface area contributed by atoms with Crippen LogP contribution in [0.4, 0.5) is 5.69 Å². The van der Waals surface area contributed by atoms with Crippen molar-refractivity contribution in [1.82, 2.24) is 10.2 Å². The minimum atomic E-state index is -0.339. The number of benzene rings is 1. The van der Waals surface area contributed by atoms with Crippen molar-refractivity contribution >= 4 is 23.2 Å². The fourth-order valence-electron chi connectivity index (χ4n) is 3.88. The molecule has 5 nitrogen and oxygen atoms in total. The maximum absolute atomic E-state index is 13.0. The van der Waals surface area contributed by atoms with Crippen LogP contribution in [0.1, 0.15) is 43.5 Å². The van der Waals surface area contributed by atoms with Gasteiger partial charge in [-0.05, 0) is 51.6 Å². The quantitative estimate of drug-likeness (QED) is 0.627. The predicted molar refractivity (Wildman–Crippen MR) is 104 cm³/mol. The zero-order valence-corrected chi connectivity index (χ0v) is 16.1. The van der Waals surface area contributed by atoms with Gasteiger partial charge in [-0.25, -0.2) is 0 Å². The molecule has 2 aliphatic rings. The number of nitrogens with two attached hydrogens (primary N) is 1. The summed E-state index contributed by atoms with van der Waals surface area (Å²) in [6.45, 7) is 6.87. The molecule has 2 fully saturated rings. The average molecular weight is 376 g/mol. The van der Waals surface area contributed by atoms with Gasteiger partial charge in [0.05, 0.1) is 16.3 Å². The number of carbonyl (C=O) groups is 1. The minimum Gasteiger partial charge on any atom is -0.477 e. The van der Waals surface area contributed by atoms with Crippen LogP contribution in [0, 0.1) is 17.8 Å². The summed E-state index contributed by atoms with van der Waals surface area (Å²) in [5.74, 6) is 6.50. The van der Waals surface area contributed by atoms with Crippen LogP contribution in [0.3, 0.4) is 0 Å². The fourth-order valence-corrected chi connectivity index (χ4v) is 4.05. The molecule has 0 aromatic heterocycles. The first-order chi connectivity index (χ1) is 12.5. The molecule has 2 saturated heterocycles. The van der Waals surface area contributed by atoms with Crippen molar-refractivity contribution < 1.29 is 9.53 Å². The molecule has 0 spiro atoms. The number of nitrogen functional groups attached to an aromatic ring is 1. The van der Waals surface area contributed by atoms with Crippen molar-refractivity contribution in [3.8, 4) is 17.6 Å². The van der Waals surface area contributed by atoms with Crippen LogP contribution in [0.15, 0.2) is 12.1 Å². The summed E-state index contributed by atoms with van der Waals surface area (Å²) in [5.41, 5.74) is 6.70. The van der Waals surface area contributed by atoms with E-state index in [0.29, 0.717) is 27.9 Å². The SMILES string of the molecule is CC#C[C@H](C)Oc1cc(N)c(Cl)cc1C(=O)NC1CCN2CCC[C@@H]1C2. The fraction of sp³-hybridized carbons (Fsp3) is 0.550. The van der Waals surface area contributed by atoms with Gasteiger partial charge in [0, 0.05) is 25.2 Å². The largest absolute Gasteiger partial charge is 0.477 e. The van der Waals surface area contributed by atoms with Gasteiger partial charge in [-0.2, -0.15) is 0 Å². The Kier molecular flexibility index (Phi) is 5.95. The molecule has 140 valence electrons. The third-order valence-electron chi connectivity index (χ3n) is 5.18. The summed E-state index contributed by atoms with van der Waals surface area (Å²) >= 11 is 6.16. The van der Waals surface area contributed by atoms with Gasteiger partial charge in [-0.1, -0.05) is 17.5 Å². The molecule has 2 aliphatic heterocycles. The monoisotopic (exact) mass is 375 g/mol. The highest BCUT2D eigenvalue weighted by molar-refractivity contribution is 6.33. The van der Waals surface area contributed by atoms with Crippen molar-refractivity contribution in [1.29, 1.82) is 0 Å². The lowest BCUT2D eigenvalue weighted by Gasteiger charge is -2.42. The lowest BCUT2D eigenvalue weighted by Crippen LogP contribution is -2.53. The molecule has 1 aromatic rings. The number of halogens is 1. The van der Waals surface area contributed by atoms with E-state index in [-0.39, 0.29) is 18.1 Å². The van der Waals surface area contributed by atoms with E-state index in [9.17, 15) is 4.79 Å². The topological polar surface area (TPSA) is 67.6 Å². The third kappa shape index (κ3) is 4.25. The van der Waals surface area contributed by atoms with E-state index >= 15 is 0 Å². The van der Waals surface area contributed by atoms with Gasteiger partial charge in [0.2, 0.25) is 0 Å². The number of nitrogens with zero attached hydrogens (tertiary/aromatic N) is 1. The van der Waals surface area contributed by atoms with Crippen LogP contribution in [0.5, 0.6) is 5.75 Å².